The van der Waals surface area contributed by atoms with Crippen LogP contribution in [0.2, 0.25) is 0 Å². The lowest BCUT2D eigenvalue weighted by molar-refractivity contribution is -0.143. The SMILES string of the molecule is C#Cc1ccccc1C(C(=O)NC(C)(C)C)N(CCCCCCCC)C(=O)C(CCC(N)=O)NC(=O)OC(C)(C)C. The third-order valence-electron chi connectivity index (χ3n) is 6.17. The van der Waals surface area contributed by atoms with Gasteiger partial charge < -0.3 is 26.0 Å². The standard InChI is InChI=1S/C32H50N4O5/c1-9-11-12-13-14-17-22-36(29(39)25(20-21-26(33)37)34-30(40)41-32(6,7)8)27(28(38)35-31(3,4)5)24-19-16-15-18-23(24)10-2/h2,15-16,18-19,25,27H,9,11-14,17,20-22H2,1,3-8H3,(H2,33,37)(H,34,40)(H,35,38). The molecule has 0 saturated carbocycles. The highest BCUT2D eigenvalue weighted by Crippen LogP contribution is 2.28. The third kappa shape index (κ3) is 13.6. The Balaban J connectivity index is 3.59. The number of alkyl carbamates (subject to hydrolysis) is 1. The smallest absolute Gasteiger partial charge is 0.408 e. The average Bonchev–Trinajstić information content (AvgIpc) is 2.85. The van der Waals surface area contributed by atoms with Crippen molar-refractivity contribution in [1.29, 1.82) is 0 Å². The van der Waals surface area contributed by atoms with E-state index in [9.17, 15) is 19.2 Å². The topological polar surface area (TPSA) is 131 Å². The molecule has 0 aromatic heterocycles. The number of primary amides is 1. The summed E-state index contributed by atoms with van der Waals surface area (Å²) in [6.07, 6.45) is 10.6. The number of hydrogen-bond acceptors (Lipinski definition) is 5. The van der Waals surface area contributed by atoms with Crippen molar-refractivity contribution in [2.75, 3.05) is 6.54 Å². The normalized spacial score (nSPS) is 12.9. The van der Waals surface area contributed by atoms with Crippen LogP contribution in [-0.4, -0.2) is 52.4 Å². The number of nitrogens with two attached hydrogens (primary N) is 1. The van der Waals surface area contributed by atoms with Gasteiger partial charge >= 0.3 is 6.09 Å². The number of terminal acetylenes is 1. The van der Waals surface area contributed by atoms with E-state index < -0.39 is 47.0 Å². The van der Waals surface area contributed by atoms with Gasteiger partial charge in [0.15, 0.2) is 0 Å². The molecule has 2 atom stereocenters. The Bertz CT molecular complexity index is 1070. The van der Waals surface area contributed by atoms with E-state index in [0.29, 0.717) is 17.5 Å². The van der Waals surface area contributed by atoms with Crippen LogP contribution in [0.3, 0.4) is 0 Å². The lowest BCUT2D eigenvalue weighted by atomic mass is 9.95. The van der Waals surface area contributed by atoms with Crippen LogP contribution in [0.1, 0.15) is 117 Å². The Kier molecular flexibility index (Phi) is 14.4. The molecule has 41 heavy (non-hydrogen) atoms. The number of carbonyl (C=O) groups is 4. The molecule has 0 aliphatic carbocycles. The van der Waals surface area contributed by atoms with Crippen LogP contribution in [-0.2, 0) is 19.1 Å². The van der Waals surface area contributed by atoms with Gasteiger partial charge in [0.1, 0.15) is 17.7 Å². The number of amides is 4. The summed E-state index contributed by atoms with van der Waals surface area (Å²) in [4.78, 5) is 54.1. The molecule has 0 spiro atoms. The first-order valence-electron chi connectivity index (χ1n) is 14.6. The number of nitrogens with zero attached hydrogens (tertiary/aromatic N) is 1. The summed E-state index contributed by atoms with van der Waals surface area (Å²) >= 11 is 0. The van der Waals surface area contributed by atoms with Crippen LogP contribution in [0.25, 0.3) is 0 Å². The first-order valence-corrected chi connectivity index (χ1v) is 14.6. The van der Waals surface area contributed by atoms with Crippen LogP contribution in [0, 0.1) is 12.3 Å². The monoisotopic (exact) mass is 570 g/mol. The second-order valence-electron chi connectivity index (χ2n) is 12.4. The number of benzene rings is 1. The minimum absolute atomic E-state index is 0.0508. The Hall–Kier alpha value is -3.54. The maximum absolute atomic E-state index is 14.3. The zero-order valence-electron chi connectivity index (χ0n) is 26.0. The van der Waals surface area contributed by atoms with E-state index in [-0.39, 0.29) is 19.4 Å². The molecule has 0 fully saturated rings. The van der Waals surface area contributed by atoms with Crippen LogP contribution >= 0.6 is 0 Å². The quantitative estimate of drug-likeness (QED) is 0.202. The predicted molar refractivity (Wildman–Crippen MR) is 162 cm³/mol. The van der Waals surface area contributed by atoms with Gasteiger partial charge in [-0.25, -0.2) is 4.79 Å². The molecule has 4 amide bonds. The first-order chi connectivity index (χ1) is 19.1. The van der Waals surface area contributed by atoms with E-state index in [1.54, 1.807) is 45.0 Å². The number of unbranched alkanes of at least 4 members (excludes halogenated alkanes) is 5. The molecular formula is C32H50N4O5. The molecule has 0 heterocycles. The molecule has 2 unspecified atom stereocenters. The summed E-state index contributed by atoms with van der Waals surface area (Å²) in [6.45, 7) is 13.1. The molecule has 0 radical (unpaired) electrons. The fourth-order valence-electron chi connectivity index (χ4n) is 4.38. The van der Waals surface area contributed by atoms with Crippen molar-refractivity contribution in [2.45, 2.75) is 123 Å². The zero-order chi connectivity index (χ0) is 31.2. The lowest BCUT2D eigenvalue weighted by Crippen LogP contribution is -2.55. The van der Waals surface area contributed by atoms with Gasteiger partial charge in [0.25, 0.3) is 0 Å². The van der Waals surface area contributed by atoms with Crippen molar-refractivity contribution in [3.05, 3.63) is 35.4 Å². The summed E-state index contributed by atoms with van der Waals surface area (Å²) in [5.41, 5.74) is 4.99. The van der Waals surface area contributed by atoms with Gasteiger partial charge in [0, 0.05) is 24.1 Å². The molecule has 0 saturated heterocycles. The molecule has 1 aromatic rings. The summed E-state index contributed by atoms with van der Waals surface area (Å²) in [7, 11) is 0. The van der Waals surface area contributed by atoms with Crippen LogP contribution < -0.4 is 16.4 Å². The molecular weight excluding hydrogens is 520 g/mol. The lowest BCUT2D eigenvalue weighted by Gasteiger charge is -2.36. The van der Waals surface area contributed by atoms with Crippen molar-refractivity contribution in [3.63, 3.8) is 0 Å². The van der Waals surface area contributed by atoms with Crippen molar-refractivity contribution in [1.82, 2.24) is 15.5 Å². The molecule has 1 aromatic carbocycles. The highest BCUT2D eigenvalue weighted by molar-refractivity contribution is 5.93. The summed E-state index contributed by atoms with van der Waals surface area (Å²) in [5.74, 6) is 1.10. The highest BCUT2D eigenvalue weighted by atomic mass is 16.6. The van der Waals surface area contributed by atoms with Gasteiger partial charge in [-0.15, -0.1) is 6.42 Å². The molecule has 1 rings (SSSR count). The molecule has 0 aliphatic rings. The molecule has 9 nitrogen and oxygen atoms in total. The second kappa shape index (κ2) is 16.7. The van der Waals surface area contributed by atoms with E-state index in [1.165, 1.54) is 4.90 Å². The third-order valence-corrected chi connectivity index (χ3v) is 6.17. The minimum atomic E-state index is -1.15. The second-order valence-corrected chi connectivity index (χ2v) is 12.4. The maximum atomic E-state index is 14.3. The van der Waals surface area contributed by atoms with Gasteiger partial charge in [-0.05, 0) is 66.0 Å². The van der Waals surface area contributed by atoms with Crippen LogP contribution in [0.5, 0.6) is 0 Å². The highest BCUT2D eigenvalue weighted by Gasteiger charge is 2.38. The van der Waals surface area contributed by atoms with Gasteiger partial charge in [-0.2, -0.15) is 0 Å². The molecule has 0 aliphatic heterocycles. The Morgan fingerprint density at radius 2 is 1.61 bits per heavy atom. The van der Waals surface area contributed by atoms with Gasteiger partial charge in [0.2, 0.25) is 17.7 Å². The van der Waals surface area contributed by atoms with Gasteiger partial charge in [-0.1, -0.05) is 63.1 Å². The van der Waals surface area contributed by atoms with Gasteiger partial charge in [0.05, 0.1) is 0 Å². The van der Waals surface area contributed by atoms with E-state index >= 15 is 0 Å². The van der Waals surface area contributed by atoms with Crippen molar-refractivity contribution in [2.24, 2.45) is 5.73 Å². The largest absolute Gasteiger partial charge is 0.444 e. The Morgan fingerprint density at radius 1 is 1.00 bits per heavy atom. The zero-order valence-corrected chi connectivity index (χ0v) is 26.0. The number of rotatable bonds is 15. The summed E-state index contributed by atoms with van der Waals surface area (Å²) < 4.78 is 5.39. The van der Waals surface area contributed by atoms with E-state index in [2.05, 4.69) is 23.5 Å². The van der Waals surface area contributed by atoms with Crippen LogP contribution in [0.4, 0.5) is 4.79 Å². The minimum Gasteiger partial charge on any atom is -0.444 e. The van der Waals surface area contributed by atoms with Crippen molar-refractivity contribution >= 4 is 23.8 Å². The molecule has 4 N–H and O–H groups in total. The average molecular weight is 571 g/mol. The Labute approximate surface area is 246 Å². The summed E-state index contributed by atoms with van der Waals surface area (Å²) in [5, 5.41) is 5.61. The van der Waals surface area contributed by atoms with Crippen molar-refractivity contribution < 1.29 is 23.9 Å². The van der Waals surface area contributed by atoms with E-state index in [4.69, 9.17) is 16.9 Å². The number of hydrogen-bond donors (Lipinski definition) is 3. The first kappa shape index (κ1) is 35.5. The number of nitrogens with one attached hydrogen (secondary N) is 2. The Morgan fingerprint density at radius 3 is 2.17 bits per heavy atom. The molecule has 0 bridgehead atoms. The summed E-state index contributed by atoms with van der Waals surface area (Å²) in [6, 6.07) is 4.79. The predicted octanol–water partition coefficient (Wildman–Crippen LogP) is 4.97. The number of ether oxygens (including phenoxy) is 1. The maximum Gasteiger partial charge on any atom is 0.408 e. The number of carbonyl (C=O) groups excluding carboxylic acids is 4. The molecule has 9 heteroatoms. The fraction of sp³-hybridized carbons (Fsp3) is 0.625. The fourth-order valence-corrected chi connectivity index (χ4v) is 4.38. The van der Waals surface area contributed by atoms with E-state index in [1.807, 2.05) is 20.8 Å². The van der Waals surface area contributed by atoms with Crippen molar-refractivity contribution in [3.8, 4) is 12.3 Å². The van der Waals surface area contributed by atoms with Gasteiger partial charge in [-0.3, -0.25) is 14.4 Å². The molecule has 228 valence electrons. The van der Waals surface area contributed by atoms with E-state index in [0.717, 1.165) is 32.1 Å². The van der Waals surface area contributed by atoms with Crippen LogP contribution in [0.15, 0.2) is 24.3 Å².